The Morgan fingerprint density at radius 3 is 2.24 bits per heavy atom. The summed E-state index contributed by atoms with van der Waals surface area (Å²) in [7, 11) is -3.50. The number of sulfonamides is 1. The molecule has 1 fully saturated rings. The molecule has 8 heteroatoms. The lowest BCUT2D eigenvalue weighted by atomic mass is 9.95. The van der Waals surface area contributed by atoms with Crippen molar-refractivity contribution in [2.24, 2.45) is 0 Å². The van der Waals surface area contributed by atoms with Gasteiger partial charge in [0.25, 0.3) is 0 Å². The van der Waals surface area contributed by atoms with Gasteiger partial charge in [-0.1, -0.05) is 74.2 Å². The molecule has 2 aromatic carbocycles. The number of amides is 2. The summed E-state index contributed by atoms with van der Waals surface area (Å²) < 4.78 is 26.3. The van der Waals surface area contributed by atoms with E-state index in [4.69, 9.17) is 0 Å². The molecule has 0 spiro atoms. The van der Waals surface area contributed by atoms with E-state index in [1.165, 1.54) is 17.0 Å². The van der Waals surface area contributed by atoms with Crippen LogP contribution in [-0.4, -0.2) is 56.6 Å². The smallest absolute Gasteiger partial charge is 0.243 e. The van der Waals surface area contributed by atoms with Crippen LogP contribution in [0, 0.1) is 6.92 Å². The molecule has 2 amide bonds. The molecule has 1 saturated carbocycles. The lowest BCUT2D eigenvalue weighted by Crippen LogP contribution is -2.52. The maximum atomic E-state index is 13.6. The molecular weight excluding hydrogens is 498 g/mol. The Morgan fingerprint density at radius 2 is 1.63 bits per heavy atom. The maximum Gasteiger partial charge on any atom is 0.243 e. The number of nitrogens with one attached hydrogen (secondary N) is 1. The van der Waals surface area contributed by atoms with E-state index in [1.807, 2.05) is 56.3 Å². The van der Waals surface area contributed by atoms with E-state index in [9.17, 15) is 18.0 Å². The van der Waals surface area contributed by atoms with Gasteiger partial charge < -0.3 is 10.2 Å². The van der Waals surface area contributed by atoms with Gasteiger partial charge in [-0.15, -0.1) is 0 Å². The first-order valence-electron chi connectivity index (χ1n) is 13.9. The number of benzene rings is 2. The van der Waals surface area contributed by atoms with Crippen LogP contribution in [0.1, 0.15) is 69.4 Å². The minimum atomic E-state index is -3.50. The van der Waals surface area contributed by atoms with Gasteiger partial charge >= 0.3 is 0 Å². The monoisotopic (exact) mass is 541 g/mol. The third-order valence-corrected chi connectivity index (χ3v) is 8.49. The number of hydrogen-bond acceptors (Lipinski definition) is 4. The van der Waals surface area contributed by atoms with Crippen LogP contribution in [-0.2, 0) is 26.0 Å². The topological polar surface area (TPSA) is 86.8 Å². The van der Waals surface area contributed by atoms with Crippen molar-refractivity contribution in [1.82, 2.24) is 10.2 Å². The van der Waals surface area contributed by atoms with Gasteiger partial charge in [0.05, 0.1) is 11.9 Å². The van der Waals surface area contributed by atoms with Gasteiger partial charge in [0.2, 0.25) is 21.8 Å². The number of carbonyl (C=O) groups is 2. The highest BCUT2D eigenvalue weighted by Crippen LogP contribution is 2.21. The molecule has 0 radical (unpaired) electrons. The van der Waals surface area contributed by atoms with Gasteiger partial charge in [0.15, 0.2) is 0 Å². The van der Waals surface area contributed by atoms with Crippen LogP contribution in [0.25, 0.3) is 0 Å². The lowest BCUT2D eigenvalue weighted by molar-refractivity contribution is -0.141. The Kier molecular flexibility index (Phi) is 11.2. The van der Waals surface area contributed by atoms with Crippen molar-refractivity contribution < 1.29 is 18.0 Å². The van der Waals surface area contributed by atoms with Crippen LogP contribution in [0.3, 0.4) is 0 Å². The zero-order chi connectivity index (χ0) is 27.5. The SMILES string of the molecule is CCC(C(=O)NC1CCCCC1)N(CCc1ccccc1)C(=O)CCCN(c1ccc(C)cc1)S(C)(=O)=O. The summed E-state index contributed by atoms with van der Waals surface area (Å²) in [5.74, 6) is -0.206. The van der Waals surface area contributed by atoms with Crippen LogP contribution in [0.15, 0.2) is 54.6 Å². The molecule has 1 unspecified atom stereocenters. The van der Waals surface area contributed by atoms with Gasteiger partial charge in [0.1, 0.15) is 6.04 Å². The normalized spacial score (nSPS) is 15.0. The molecule has 0 saturated heterocycles. The Morgan fingerprint density at radius 1 is 0.974 bits per heavy atom. The molecule has 7 nitrogen and oxygen atoms in total. The van der Waals surface area contributed by atoms with Gasteiger partial charge in [-0.2, -0.15) is 0 Å². The predicted molar refractivity (Wildman–Crippen MR) is 154 cm³/mol. The first kappa shape index (κ1) is 29.7. The fourth-order valence-corrected chi connectivity index (χ4v) is 6.12. The molecule has 0 heterocycles. The van der Waals surface area contributed by atoms with Gasteiger partial charge in [-0.25, -0.2) is 8.42 Å². The van der Waals surface area contributed by atoms with E-state index in [0.29, 0.717) is 31.5 Å². The highest BCUT2D eigenvalue weighted by molar-refractivity contribution is 7.92. The summed E-state index contributed by atoms with van der Waals surface area (Å²) in [5.41, 5.74) is 2.74. The molecule has 0 bridgehead atoms. The molecule has 1 aliphatic rings. The number of nitrogens with zero attached hydrogens (tertiary/aromatic N) is 2. The van der Waals surface area contributed by atoms with Gasteiger partial charge in [-0.05, 0) is 56.7 Å². The third-order valence-electron chi connectivity index (χ3n) is 7.30. The van der Waals surface area contributed by atoms with E-state index in [-0.39, 0.29) is 30.8 Å². The molecule has 1 atom stereocenters. The second kappa shape index (κ2) is 14.3. The average molecular weight is 542 g/mol. The Labute approximate surface area is 228 Å². The van der Waals surface area contributed by atoms with Crippen molar-refractivity contribution in [3.8, 4) is 0 Å². The molecule has 0 aromatic heterocycles. The quantitative estimate of drug-likeness (QED) is 0.393. The summed E-state index contributed by atoms with van der Waals surface area (Å²) in [6.07, 6.45) is 8.31. The standard InChI is InChI=1S/C30H43N3O4S/c1-4-28(30(35)31-26-14-9-6-10-15-26)32(23-21-25-12-7-5-8-13-25)29(34)16-11-22-33(38(3,36)37)27-19-17-24(2)18-20-27/h5,7-8,12-13,17-20,26,28H,4,6,9-11,14-16,21-23H2,1-3H3,(H,31,35). The van der Waals surface area contributed by atoms with Crippen molar-refractivity contribution in [2.45, 2.75) is 83.7 Å². The fraction of sp³-hybridized carbons (Fsp3) is 0.533. The van der Waals surface area contributed by atoms with Crippen molar-refractivity contribution in [3.05, 3.63) is 65.7 Å². The number of aryl methyl sites for hydroxylation is 1. The molecule has 3 rings (SSSR count). The number of hydrogen-bond donors (Lipinski definition) is 1. The van der Waals surface area contributed by atoms with Crippen molar-refractivity contribution in [3.63, 3.8) is 0 Å². The van der Waals surface area contributed by atoms with Crippen molar-refractivity contribution in [1.29, 1.82) is 0 Å². The lowest BCUT2D eigenvalue weighted by Gasteiger charge is -2.33. The van der Waals surface area contributed by atoms with Crippen LogP contribution in [0.4, 0.5) is 5.69 Å². The minimum Gasteiger partial charge on any atom is -0.352 e. The summed E-state index contributed by atoms with van der Waals surface area (Å²) in [6.45, 7) is 4.53. The minimum absolute atomic E-state index is 0.0850. The largest absolute Gasteiger partial charge is 0.352 e. The van der Waals surface area contributed by atoms with Gasteiger partial charge in [0, 0.05) is 25.6 Å². The summed E-state index contributed by atoms with van der Waals surface area (Å²) in [4.78, 5) is 28.6. The second-order valence-electron chi connectivity index (χ2n) is 10.4. The highest BCUT2D eigenvalue weighted by atomic mass is 32.2. The summed E-state index contributed by atoms with van der Waals surface area (Å²) >= 11 is 0. The maximum absolute atomic E-state index is 13.6. The number of carbonyl (C=O) groups excluding carboxylic acids is 2. The molecule has 208 valence electrons. The number of rotatable bonds is 13. The number of anilines is 1. The molecule has 38 heavy (non-hydrogen) atoms. The van der Waals surface area contributed by atoms with Crippen molar-refractivity contribution in [2.75, 3.05) is 23.7 Å². The first-order valence-corrected chi connectivity index (χ1v) is 15.7. The van der Waals surface area contributed by atoms with Crippen molar-refractivity contribution >= 4 is 27.5 Å². The summed E-state index contributed by atoms with van der Waals surface area (Å²) in [5, 5.41) is 3.20. The van der Waals surface area contributed by atoms with Crippen LogP contribution in [0.5, 0.6) is 0 Å². The zero-order valence-corrected chi connectivity index (χ0v) is 23.9. The molecule has 1 aliphatic carbocycles. The van der Waals surface area contributed by atoms with E-state index < -0.39 is 16.1 Å². The third kappa shape index (κ3) is 8.86. The Balaban J connectivity index is 1.70. The van der Waals surface area contributed by atoms with E-state index in [0.717, 1.165) is 36.8 Å². The molecule has 1 N–H and O–H groups in total. The zero-order valence-electron chi connectivity index (χ0n) is 23.1. The summed E-state index contributed by atoms with van der Waals surface area (Å²) in [6, 6.07) is 16.9. The Bertz CT molecular complexity index is 1130. The average Bonchev–Trinajstić information content (AvgIpc) is 2.90. The highest BCUT2D eigenvalue weighted by Gasteiger charge is 2.30. The second-order valence-corrected chi connectivity index (χ2v) is 12.3. The predicted octanol–water partition coefficient (Wildman–Crippen LogP) is 4.84. The first-order chi connectivity index (χ1) is 18.2. The fourth-order valence-electron chi connectivity index (χ4n) is 5.16. The van der Waals surface area contributed by atoms with E-state index in [2.05, 4.69) is 5.32 Å². The molecule has 2 aromatic rings. The molecule has 0 aliphatic heterocycles. The van der Waals surface area contributed by atoms with E-state index in [1.54, 1.807) is 17.0 Å². The van der Waals surface area contributed by atoms with Crippen LogP contribution >= 0.6 is 0 Å². The van der Waals surface area contributed by atoms with Crippen LogP contribution in [0.2, 0.25) is 0 Å². The van der Waals surface area contributed by atoms with Crippen LogP contribution < -0.4 is 9.62 Å². The molecular formula is C30H43N3O4S. The van der Waals surface area contributed by atoms with E-state index >= 15 is 0 Å². The Hall–Kier alpha value is -2.87. The van der Waals surface area contributed by atoms with Gasteiger partial charge in [-0.3, -0.25) is 13.9 Å².